The summed E-state index contributed by atoms with van der Waals surface area (Å²) in [6.45, 7) is 6.41. The van der Waals surface area contributed by atoms with Gasteiger partial charge in [0.05, 0.1) is 22.9 Å². The van der Waals surface area contributed by atoms with Crippen LogP contribution in [0.15, 0.2) is 108 Å². The molecule has 0 unspecified atom stereocenters. The van der Waals surface area contributed by atoms with Gasteiger partial charge >= 0.3 is 0 Å². The third-order valence-corrected chi connectivity index (χ3v) is 8.07. The smallest absolute Gasteiger partial charge is 0.143 e. The van der Waals surface area contributed by atoms with Crippen LogP contribution in [0.2, 0.25) is 0 Å². The van der Waals surface area contributed by atoms with E-state index in [1.165, 1.54) is 38.2 Å². The first-order valence-corrected chi connectivity index (χ1v) is 13.7. The highest BCUT2D eigenvalue weighted by molar-refractivity contribution is 6.23. The number of fused-ring (bicyclic) bond motifs is 9. The van der Waals surface area contributed by atoms with Crippen LogP contribution in [0.1, 0.15) is 16.7 Å². The van der Waals surface area contributed by atoms with Crippen molar-refractivity contribution < 1.29 is 4.42 Å². The fourth-order valence-corrected chi connectivity index (χ4v) is 6.27. The number of furan rings is 1. The number of aromatic nitrogens is 2. The van der Waals surface area contributed by atoms with Crippen LogP contribution in [0, 0.1) is 20.8 Å². The summed E-state index contributed by atoms with van der Waals surface area (Å²) in [7, 11) is 0. The predicted molar refractivity (Wildman–Crippen MR) is 167 cm³/mol. The average molecular weight is 515 g/mol. The molecule has 0 saturated carbocycles. The largest absolute Gasteiger partial charge is 0.455 e. The van der Waals surface area contributed by atoms with E-state index >= 15 is 0 Å². The molecule has 6 aromatic carbocycles. The first-order valence-electron chi connectivity index (χ1n) is 13.7. The second-order valence-corrected chi connectivity index (χ2v) is 10.9. The Morgan fingerprint density at radius 1 is 0.525 bits per heavy atom. The van der Waals surface area contributed by atoms with Gasteiger partial charge < -0.3 is 4.42 Å². The second kappa shape index (κ2) is 8.49. The number of rotatable bonds is 2. The van der Waals surface area contributed by atoms with Gasteiger partial charge in [0, 0.05) is 32.7 Å². The Labute approximate surface area is 231 Å². The summed E-state index contributed by atoms with van der Waals surface area (Å²) < 4.78 is 6.50. The molecule has 40 heavy (non-hydrogen) atoms. The Hall–Kier alpha value is -5.02. The average Bonchev–Trinajstić information content (AvgIpc) is 3.35. The summed E-state index contributed by atoms with van der Waals surface area (Å²) in [4.78, 5) is 10.1. The summed E-state index contributed by atoms with van der Waals surface area (Å²) in [6, 6.07) is 34.4. The number of benzene rings is 6. The minimum absolute atomic E-state index is 0.865. The zero-order valence-corrected chi connectivity index (χ0v) is 22.6. The van der Waals surface area contributed by atoms with E-state index in [2.05, 4.69) is 118 Å². The molecule has 3 heteroatoms. The van der Waals surface area contributed by atoms with E-state index in [-0.39, 0.29) is 0 Å². The lowest BCUT2D eigenvalue weighted by Gasteiger charge is -2.11. The van der Waals surface area contributed by atoms with Crippen LogP contribution in [-0.4, -0.2) is 9.97 Å². The van der Waals surface area contributed by atoms with Crippen LogP contribution in [0.5, 0.6) is 0 Å². The van der Waals surface area contributed by atoms with Crippen LogP contribution in [0.25, 0.3) is 76.9 Å². The Morgan fingerprint density at radius 3 is 1.80 bits per heavy atom. The van der Waals surface area contributed by atoms with E-state index in [0.717, 1.165) is 55.4 Å². The van der Waals surface area contributed by atoms with E-state index < -0.39 is 0 Å². The van der Waals surface area contributed by atoms with Gasteiger partial charge in [0.1, 0.15) is 11.2 Å². The molecule has 0 aliphatic heterocycles. The fourth-order valence-electron chi connectivity index (χ4n) is 6.27. The van der Waals surface area contributed by atoms with Gasteiger partial charge in [-0.05, 0) is 72.0 Å². The second-order valence-electron chi connectivity index (χ2n) is 10.9. The lowest BCUT2D eigenvalue weighted by atomic mass is 9.97. The maximum Gasteiger partial charge on any atom is 0.143 e. The molecule has 2 aromatic heterocycles. The molecule has 0 radical (unpaired) electrons. The van der Waals surface area contributed by atoms with Crippen LogP contribution in [0.4, 0.5) is 0 Å². The van der Waals surface area contributed by atoms with Crippen LogP contribution >= 0.6 is 0 Å². The molecule has 0 bridgehead atoms. The highest BCUT2D eigenvalue weighted by Gasteiger charge is 2.16. The van der Waals surface area contributed by atoms with Gasteiger partial charge in [0.2, 0.25) is 0 Å². The zero-order chi connectivity index (χ0) is 27.0. The monoisotopic (exact) mass is 514 g/mol. The topological polar surface area (TPSA) is 38.9 Å². The normalized spacial score (nSPS) is 11.9. The van der Waals surface area contributed by atoms with Crippen molar-refractivity contribution in [3.05, 3.63) is 120 Å². The minimum atomic E-state index is 0.865. The SMILES string of the molecule is Cc1cc(C)c2oc3c(-c4ccc(-c5cnc6c7ccccc7c7ccccc7c6n5)cc4)cc(C)cc3c2c1. The van der Waals surface area contributed by atoms with Crippen molar-refractivity contribution in [2.75, 3.05) is 0 Å². The summed E-state index contributed by atoms with van der Waals surface area (Å²) in [6.07, 6.45) is 1.90. The molecule has 0 N–H and O–H groups in total. The summed E-state index contributed by atoms with van der Waals surface area (Å²) >= 11 is 0. The predicted octanol–water partition coefficient (Wildman–Crippen LogP) is 10.1. The van der Waals surface area contributed by atoms with Crippen molar-refractivity contribution in [2.45, 2.75) is 20.8 Å². The Kier molecular flexibility index (Phi) is 4.86. The molecule has 0 aliphatic carbocycles. The number of hydrogen-bond acceptors (Lipinski definition) is 3. The maximum atomic E-state index is 6.50. The van der Waals surface area contributed by atoms with Gasteiger partial charge in [-0.2, -0.15) is 0 Å². The summed E-state index contributed by atoms with van der Waals surface area (Å²) in [5.41, 5.74) is 11.5. The third kappa shape index (κ3) is 3.37. The molecule has 190 valence electrons. The van der Waals surface area contributed by atoms with Crippen molar-refractivity contribution in [2.24, 2.45) is 0 Å². The van der Waals surface area contributed by atoms with Crippen molar-refractivity contribution in [1.82, 2.24) is 9.97 Å². The molecular formula is C37H26N2O. The van der Waals surface area contributed by atoms with Gasteiger partial charge in [-0.1, -0.05) is 78.9 Å². The van der Waals surface area contributed by atoms with E-state index in [1.54, 1.807) is 0 Å². The lowest BCUT2D eigenvalue weighted by Crippen LogP contribution is -1.92. The van der Waals surface area contributed by atoms with Crippen molar-refractivity contribution in [3.63, 3.8) is 0 Å². The van der Waals surface area contributed by atoms with Crippen LogP contribution in [0.3, 0.4) is 0 Å². The quantitative estimate of drug-likeness (QED) is 0.215. The standard InChI is InChI=1S/C37H26N2O/c1-21-16-23(3)36-31(18-21)32-19-22(2)17-30(37(32)40-36)24-12-14-25(15-13-24)33-20-38-34-28-10-6-4-8-26(28)27-9-5-7-11-29(27)35(34)39-33/h4-20H,1-3H3. The third-order valence-electron chi connectivity index (χ3n) is 8.07. The molecule has 0 spiro atoms. The molecule has 0 aliphatic rings. The molecule has 2 heterocycles. The molecule has 3 nitrogen and oxygen atoms in total. The maximum absolute atomic E-state index is 6.50. The number of hydrogen-bond donors (Lipinski definition) is 0. The molecular weight excluding hydrogens is 488 g/mol. The summed E-state index contributed by atoms with van der Waals surface area (Å²) in [5.74, 6) is 0. The molecule has 8 aromatic rings. The highest BCUT2D eigenvalue weighted by Crippen LogP contribution is 2.39. The first-order chi connectivity index (χ1) is 19.5. The van der Waals surface area contributed by atoms with Crippen molar-refractivity contribution in [1.29, 1.82) is 0 Å². The Balaban J connectivity index is 1.28. The molecule has 8 rings (SSSR count). The van der Waals surface area contributed by atoms with Gasteiger partial charge in [-0.3, -0.25) is 4.98 Å². The van der Waals surface area contributed by atoms with E-state index in [1.807, 2.05) is 6.20 Å². The minimum Gasteiger partial charge on any atom is -0.455 e. The molecule has 0 saturated heterocycles. The Bertz CT molecular complexity index is 2260. The fraction of sp³-hybridized carbons (Fsp3) is 0.0811. The molecule has 0 amide bonds. The lowest BCUT2D eigenvalue weighted by molar-refractivity contribution is 0.666. The van der Waals surface area contributed by atoms with Gasteiger partial charge in [0.25, 0.3) is 0 Å². The number of aryl methyl sites for hydroxylation is 3. The van der Waals surface area contributed by atoms with Crippen molar-refractivity contribution in [3.8, 4) is 22.4 Å². The van der Waals surface area contributed by atoms with E-state index in [9.17, 15) is 0 Å². The van der Waals surface area contributed by atoms with Gasteiger partial charge in [0.15, 0.2) is 0 Å². The van der Waals surface area contributed by atoms with Crippen molar-refractivity contribution >= 4 is 54.5 Å². The Morgan fingerprint density at radius 2 is 1.10 bits per heavy atom. The van der Waals surface area contributed by atoms with E-state index in [4.69, 9.17) is 14.4 Å². The van der Waals surface area contributed by atoms with Crippen LogP contribution in [-0.2, 0) is 0 Å². The van der Waals surface area contributed by atoms with Crippen LogP contribution < -0.4 is 0 Å². The zero-order valence-electron chi connectivity index (χ0n) is 22.6. The molecule has 0 fully saturated rings. The van der Waals surface area contributed by atoms with E-state index in [0.29, 0.717) is 0 Å². The molecule has 0 atom stereocenters. The summed E-state index contributed by atoms with van der Waals surface area (Å²) in [5, 5.41) is 7.01. The first kappa shape index (κ1) is 22.9. The van der Waals surface area contributed by atoms with Gasteiger partial charge in [-0.25, -0.2) is 4.98 Å². The highest BCUT2D eigenvalue weighted by atomic mass is 16.3. The number of nitrogens with zero attached hydrogens (tertiary/aromatic N) is 2. The van der Waals surface area contributed by atoms with Gasteiger partial charge in [-0.15, -0.1) is 0 Å².